The summed E-state index contributed by atoms with van der Waals surface area (Å²) in [6.07, 6.45) is 0.418. The minimum atomic E-state index is -4.19. The van der Waals surface area contributed by atoms with Gasteiger partial charge in [0.15, 0.2) is 0 Å². The van der Waals surface area contributed by atoms with Gasteiger partial charge in [0.05, 0.1) is 22.9 Å². The molecule has 2 heterocycles. The summed E-state index contributed by atoms with van der Waals surface area (Å²) in [4.78, 5) is 23.0. The van der Waals surface area contributed by atoms with Crippen LogP contribution >= 0.6 is 0 Å². The molecule has 0 saturated heterocycles. The van der Waals surface area contributed by atoms with Crippen molar-refractivity contribution >= 4 is 26.8 Å². The van der Waals surface area contributed by atoms with Crippen LogP contribution in [0.4, 0.5) is 0 Å². The Hall–Kier alpha value is -3.78. The fourth-order valence-corrected chi connectivity index (χ4v) is 6.21. The van der Waals surface area contributed by atoms with E-state index in [9.17, 15) is 13.2 Å². The molecule has 2 atom stereocenters. The summed E-state index contributed by atoms with van der Waals surface area (Å²) in [5, 5.41) is 0.457. The standard InChI is InChI=1S/C28H27N3O4S/c1-17-11-14-25(35-4)21(15-17)28(16-22(28)24-9-5-7-18(2)30-24)27(32)31-36(33,34)26-10-6-8-23-20(26)13-12-19(3)29-23/h5-15,22H,16H2,1-4H3,(H,31,32)/t22-,28-/m1/s1. The number of benzene rings is 2. The van der Waals surface area contributed by atoms with E-state index in [4.69, 9.17) is 4.74 Å². The summed E-state index contributed by atoms with van der Waals surface area (Å²) in [6.45, 7) is 5.66. The maximum Gasteiger partial charge on any atom is 0.264 e. The average Bonchev–Trinajstić information content (AvgIpc) is 3.60. The number of aryl methyl sites for hydroxylation is 3. The molecule has 1 N–H and O–H groups in total. The normalized spacial score (nSPS) is 19.2. The fourth-order valence-electron chi connectivity index (χ4n) is 4.95. The third kappa shape index (κ3) is 4.01. The van der Waals surface area contributed by atoms with Gasteiger partial charge in [-0.15, -0.1) is 0 Å². The van der Waals surface area contributed by atoms with E-state index in [2.05, 4.69) is 14.7 Å². The number of ether oxygens (including phenoxy) is 1. The molecular weight excluding hydrogens is 474 g/mol. The van der Waals surface area contributed by atoms with E-state index in [0.29, 0.717) is 28.6 Å². The first kappa shape index (κ1) is 23.9. The number of hydrogen-bond acceptors (Lipinski definition) is 6. The van der Waals surface area contributed by atoms with Crippen molar-refractivity contribution in [1.29, 1.82) is 0 Å². The number of methoxy groups -OCH3 is 1. The van der Waals surface area contributed by atoms with Gasteiger partial charge < -0.3 is 4.74 Å². The van der Waals surface area contributed by atoms with E-state index in [0.717, 1.165) is 22.6 Å². The number of carbonyl (C=O) groups excluding carboxylic acids is 1. The van der Waals surface area contributed by atoms with Crippen LogP contribution in [0, 0.1) is 20.8 Å². The van der Waals surface area contributed by atoms with E-state index < -0.39 is 21.3 Å². The van der Waals surface area contributed by atoms with Crippen molar-refractivity contribution in [3.05, 3.63) is 94.9 Å². The van der Waals surface area contributed by atoms with Gasteiger partial charge in [0.25, 0.3) is 10.0 Å². The fraction of sp³-hybridized carbons (Fsp3) is 0.250. The molecule has 5 rings (SSSR count). The molecule has 2 aromatic heterocycles. The number of amides is 1. The Kier molecular flexibility index (Phi) is 5.79. The van der Waals surface area contributed by atoms with Crippen LogP contribution in [0.25, 0.3) is 10.9 Å². The van der Waals surface area contributed by atoms with Crippen LogP contribution < -0.4 is 9.46 Å². The molecule has 2 aromatic carbocycles. The summed E-state index contributed by atoms with van der Waals surface area (Å²) in [5.41, 5.74) is 3.36. The molecule has 1 aliphatic rings. The lowest BCUT2D eigenvalue weighted by Gasteiger charge is -2.21. The van der Waals surface area contributed by atoms with Crippen molar-refractivity contribution in [2.45, 2.75) is 43.4 Å². The second-order valence-corrected chi connectivity index (χ2v) is 11.0. The van der Waals surface area contributed by atoms with E-state index in [1.165, 1.54) is 6.07 Å². The second-order valence-electron chi connectivity index (χ2n) is 9.35. The lowest BCUT2D eigenvalue weighted by molar-refractivity contribution is -0.122. The van der Waals surface area contributed by atoms with Gasteiger partial charge in [-0.2, -0.15) is 0 Å². The van der Waals surface area contributed by atoms with Crippen molar-refractivity contribution in [3.8, 4) is 5.75 Å². The minimum absolute atomic E-state index is 0.0121. The first-order valence-electron chi connectivity index (χ1n) is 11.7. The molecule has 184 valence electrons. The highest BCUT2D eigenvalue weighted by Crippen LogP contribution is 2.62. The number of fused-ring (bicyclic) bond motifs is 1. The second kappa shape index (κ2) is 8.71. The minimum Gasteiger partial charge on any atom is -0.496 e. The maximum atomic E-state index is 14.0. The number of hydrogen-bond donors (Lipinski definition) is 1. The van der Waals surface area contributed by atoms with Gasteiger partial charge in [-0.25, -0.2) is 13.1 Å². The molecule has 0 radical (unpaired) electrons. The van der Waals surface area contributed by atoms with Gasteiger partial charge in [-0.3, -0.25) is 14.8 Å². The van der Waals surface area contributed by atoms with Crippen LogP contribution in [0.3, 0.4) is 0 Å². The van der Waals surface area contributed by atoms with Crippen LogP contribution in [0.15, 0.2) is 71.6 Å². The van der Waals surface area contributed by atoms with Crippen LogP contribution in [-0.4, -0.2) is 31.4 Å². The zero-order valence-corrected chi connectivity index (χ0v) is 21.4. The molecule has 0 spiro atoms. The van der Waals surface area contributed by atoms with Crippen LogP contribution in [0.5, 0.6) is 5.75 Å². The average molecular weight is 502 g/mol. The predicted octanol–water partition coefficient (Wildman–Crippen LogP) is 4.49. The Balaban J connectivity index is 1.60. The van der Waals surface area contributed by atoms with Crippen LogP contribution in [-0.2, 0) is 20.2 Å². The first-order valence-corrected chi connectivity index (χ1v) is 13.2. The Bertz CT molecular complexity index is 1620. The molecule has 4 aromatic rings. The molecule has 0 aliphatic heterocycles. The zero-order chi connectivity index (χ0) is 25.7. The quantitative estimate of drug-likeness (QED) is 0.418. The highest BCUT2D eigenvalue weighted by Gasteiger charge is 2.64. The number of aromatic nitrogens is 2. The lowest BCUT2D eigenvalue weighted by atomic mass is 9.89. The molecule has 1 amide bonds. The van der Waals surface area contributed by atoms with Gasteiger partial charge in [-0.05, 0) is 69.7 Å². The van der Waals surface area contributed by atoms with Gasteiger partial charge in [0.2, 0.25) is 5.91 Å². The van der Waals surface area contributed by atoms with Gasteiger partial charge >= 0.3 is 0 Å². The third-order valence-corrected chi connectivity index (χ3v) is 8.21. The number of nitrogens with one attached hydrogen (secondary N) is 1. The molecule has 1 saturated carbocycles. The van der Waals surface area contributed by atoms with Crippen molar-refractivity contribution in [2.75, 3.05) is 7.11 Å². The number of rotatable bonds is 6. The van der Waals surface area contributed by atoms with Gasteiger partial charge in [-0.1, -0.05) is 29.8 Å². The van der Waals surface area contributed by atoms with E-state index in [1.807, 2.05) is 57.2 Å². The third-order valence-electron chi connectivity index (χ3n) is 6.82. The highest BCUT2D eigenvalue weighted by atomic mass is 32.2. The molecule has 8 heteroatoms. The Morgan fingerprint density at radius 3 is 2.47 bits per heavy atom. The summed E-state index contributed by atoms with van der Waals surface area (Å²) in [7, 11) is -2.65. The Morgan fingerprint density at radius 2 is 1.72 bits per heavy atom. The van der Waals surface area contributed by atoms with E-state index in [1.54, 1.807) is 31.4 Å². The summed E-state index contributed by atoms with van der Waals surface area (Å²) in [5.74, 6) is -0.356. The SMILES string of the molecule is COc1ccc(C)cc1[C@]1(C(=O)NS(=O)(=O)c2cccc3nc(C)ccc23)C[C@@H]1c1cccc(C)n1. The maximum absolute atomic E-state index is 14.0. The van der Waals surface area contributed by atoms with Crippen molar-refractivity contribution in [3.63, 3.8) is 0 Å². The highest BCUT2D eigenvalue weighted by molar-refractivity contribution is 7.90. The van der Waals surface area contributed by atoms with Crippen LogP contribution in [0.1, 0.15) is 40.5 Å². The van der Waals surface area contributed by atoms with E-state index in [-0.39, 0.29) is 10.8 Å². The number of carbonyl (C=O) groups is 1. The Labute approximate surface area is 210 Å². The van der Waals surface area contributed by atoms with Gasteiger partial charge in [0.1, 0.15) is 5.75 Å². The smallest absolute Gasteiger partial charge is 0.264 e. The molecule has 0 bridgehead atoms. The first-order chi connectivity index (χ1) is 17.2. The van der Waals surface area contributed by atoms with Crippen molar-refractivity contribution in [2.24, 2.45) is 0 Å². The topological polar surface area (TPSA) is 98.2 Å². The number of pyridine rings is 2. The van der Waals surface area contributed by atoms with Gasteiger partial charge in [0, 0.05) is 33.9 Å². The molecule has 7 nitrogen and oxygen atoms in total. The summed E-state index contributed by atoms with van der Waals surface area (Å²) < 4.78 is 35.1. The molecule has 0 unspecified atom stereocenters. The number of nitrogens with zero attached hydrogens (tertiary/aromatic N) is 2. The monoisotopic (exact) mass is 501 g/mol. The number of sulfonamides is 1. The molecule has 1 aliphatic carbocycles. The van der Waals surface area contributed by atoms with Crippen molar-refractivity contribution < 1.29 is 17.9 Å². The molecular formula is C28H27N3O4S. The molecule has 36 heavy (non-hydrogen) atoms. The Morgan fingerprint density at radius 1 is 0.972 bits per heavy atom. The summed E-state index contributed by atoms with van der Waals surface area (Å²) >= 11 is 0. The molecule has 1 fully saturated rings. The van der Waals surface area contributed by atoms with E-state index >= 15 is 0 Å². The van der Waals surface area contributed by atoms with Crippen LogP contribution in [0.2, 0.25) is 0 Å². The lowest BCUT2D eigenvalue weighted by Crippen LogP contribution is -2.40. The van der Waals surface area contributed by atoms with Crippen molar-refractivity contribution in [1.82, 2.24) is 14.7 Å². The predicted molar refractivity (Wildman–Crippen MR) is 138 cm³/mol. The summed E-state index contributed by atoms with van der Waals surface area (Å²) in [6, 6.07) is 19.6. The zero-order valence-electron chi connectivity index (χ0n) is 20.6. The largest absolute Gasteiger partial charge is 0.496 e.